The molecule has 4 atom stereocenters. The van der Waals surface area contributed by atoms with Crippen molar-refractivity contribution in [2.45, 2.75) is 75.7 Å². The van der Waals surface area contributed by atoms with Gasteiger partial charge in [-0.15, -0.1) is 0 Å². The minimum atomic E-state index is 0.317. The molecular weight excluding hydrogens is 252 g/mol. The second kappa shape index (κ2) is 5.23. The van der Waals surface area contributed by atoms with Gasteiger partial charge in [-0.2, -0.15) is 0 Å². The first-order chi connectivity index (χ1) is 9.88. The maximum absolute atomic E-state index is 5.90. The Morgan fingerprint density at radius 2 is 1.15 bits per heavy atom. The smallest absolute Gasteiger partial charge is 0.209 e. The first kappa shape index (κ1) is 12.4. The number of rotatable bonds is 2. The quantitative estimate of drug-likeness (QED) is 0.777. The van der Waals surface area contributed by atoms with Crippen molar-refractivity contribution in [3.8, 4) is 0 Å². The Kier molecular flexibility index (Phi) is 3.25. The van der Waals surface area contributed by atoms with Crippen LogP contribution in [0.5, 0.6) is 0 Å². The van der Waals surface area contributed by atoms with Crippen LogP contribution in [-0.4, -0.2) is 36.1 Å². The van der Waals surface area contributed by atoms with Crippen LogP contribution >= 0.6 is 0 Å². The molecule has 2 aliphatic carbocycles. The van der Waals surface area contributed by atoms with E-state index in [1.807, 2.05) is 12.2 Å². The number of hydrogen-bond acceptors (Lipinski definition) is 4. The Balaban J connectivity index is 1.39. The molecule has 4 heteroatoms. The van der Waals surface area contributed by atoms with Crippen LogP contribution in [0.1, 0.15) is 51.4 Å². The van der Waals surface area contributed by atoms with Crippen LogP contribution in [0.4, 0.5) is 0 Å². The molecule has 2 fully saturated rings. The van der Waals surface area contributed by atoms with E-state index in [9.17, 15) is 0 Å². The molecule has 0 aromatic rings. The zero-order valence-corrected chi connectivity index (χ0v) is 11.8. The normalized spacial score (nSPS) is 39.6. The molecule has 4 rings (SSSR count). The van der Waals surface area contributed by atoms with Gasteiger partial charge in [0, 0.05) is 12.2 Å². The molecule has 0 aromatic heterocycles. The third-order valence-electron chi connectivity index (χ3n) is 4.83. The summed E-state index contributed by atoms with van der Waals surface area (Å²) in [6.45, 7) is 0. The molecule has 20 heavy (non-hydrogen) atoms. The van der Waals surface area contributed by atoms with Crippen molar-refractivity contribution >= 4 is 11.8 Å². The number of fused-ring (bicyclic) bond motifs is 2. The van der Waals surface area contributed by atoms with E-state index in [-0.39, 0.29) is 0 Å². The standard InChI is InChI=1S/C16H22N2O2/c1-3-7-13-11(5-1)17-15(19-13)9-10-16-18-12-6-2-4-8-14(12)20-16/h9-14H,1-8H2. The Labute approximate surface area is 120 Å². The highest BCUT2D eigenvalue weighted by Gasteiger charge is 2.33. The average Bonchev–Trinajstić information content (AvgIpc) is 3.07. The minimum Gasteiger partial charge on any atom is -0.472 e. The summed E-state index contributed by atoms with van der Waals surface area (Å²) in [7, 11) is 0. The number of hydrogen-bond donors (Lipinski definition) is 0. The molecular formula is C16H22N2O2. The van der Waals surface area contributed by atoms with Crippen molar-refractivity contribution in [2.24, 2.45) is 9.98 Å². The van der Waals surface area contributed by atoms with Gasteiger partial charge in [-0.1, -0.05) is 12.8 Å². The van der Waals surface area contributed by atoms with Gasteiger partial charge in [-0.25, -0.2) is 9.98 Å². The van der Waals surface area contributed by atoms with Gasteiger partial charge in [0.25, 0.3) is 0 Å². The summed E-state index contributed by atoms with van der Waals surface area (Å²) in [5, 5.41) is 0. The predicted octanol–water partition coefficient (Wildman–Crippen LogP) is 3.02. The molecule has 0 aromatic carbocycles. The minimum absolute atomic E-state index is 0.317. The van der Waals surface area contributed by atoms with Gasteiger partial charge in [0.1, 0.15) is 12.2 Å². The van der Waals surface area contributed by atoms with Crippen LogP contribution in [0.25, 0.3) is 0 Å². The highest BCUT2D eigenvalue weighted by molar-refractivity contribution is 5.98. The van der Waals surface area contributed by atoms with Crippen LogP contribution in [0.15, 0.2) is 22.1 Å². The molecule has 0 bridgehead atoms. The second-order valence-corrected chi connectivity index (χ2v) is 6.28. The lowest BCUT2D eigenvalue weighted by atomic mass is 9.94. The van der Waals surface area contributed by atoms with Crippen LogP contribution in [0.2, 0.25) is 0 Å². The fourth-order valence-electron chi connectivity index (χ4n) is 3.73. The third kappa shape index (κ3) is 2.36. The molecule has 0 radical (unpaired) electrons. The van der Waals surface area contributed by atoms with Gasteiger partial charge in [0.15, 0.2) is 0 Å². The van der Waals surface area contributed by atoms with E-state index in [0.717, 1.165) is 24.6 Å². The Morgan fingerprint density at radius 1 is 0.700 bits per heavy atom. The van der Waals surface area contributed by atoms with E-state index in [2.05, 4.69) is 9.98 Å². The van der Waals surface area contributed by atoms with Crippen LogP contribution in [0, 0.1) is 0 Å². The van der Waals surface area contributed by atoms with Crippen molar-refractivity contribution in [2.75, 3.05) is 0 Å². The molecule has 4 aliphatic rings. The van der Waals surface area contributed by atoms with E-state index >= 15 is 0 Å². The maximum Gasteiger partial charge on any atom is 0.209 e. The fourth-order valence-corrected chi connectivity index (χ4v) is 3.73. The summed E-state index contributed by atoms with van der Waals surface area (Å²) < 4.78 is 11.8. The fraction of sp³-hybridized carbons (Fsp3) is 0.750. The SMILES string of the molecule is C(=CC1=NC2CCCCC2O1)C1=NC2CCCCC2O1. The molecule has 4 nitrogen and oxygen atoms in total. The maximum atomic E-state index is 5.90. The summed E-state index contributed by atoms with van der Waals surface area (Å²) in [4.78, 5) is 9.32. The summed E-state index contributed by atoms with van der Waals surface area (Å²) in [5.41, 5.74) is 0. The monoisotopic (exact) mass is 274 g/mol. The van der Waals surface area contributed by atoms with E-state index in [0.29, 0.717) is 24.3 Å². The second-order valence-electron chi connectivity index (χ2n) is 6.28. The van der Waals surface area contributed by atoms with Crippen molar-refractivity contribution < 1.29 is 9.47 Å². The van der Waals surface area contributed by atoms with Crippen LogP contribution in [0.3, 0.4) is 0 Å². The molecule has 4 unspecified atom stereocenters. The van der Waals surface area contributed by atoms with Crippen molar-refractivity contribution in [1.82, 2.24) is 0 Å². The Morgan fingerprint density at radius 3 is 1.60 bits per heavy atom. The summed E-state index contributed by atoms with van der Waals surface area (Å²) in [6, 6.07) is 0.773. The summed E-state index contributed by atoms with van der Waals surface area (Å²) >= 11 is 0. The average molecular weight is 274 g/mol. The van der Waals surface area contributed by atoms with E-state index in [1.165, 1.54) is 38.5 Å². The largest absolute Gasteiger partial charge is 0.472 e. The topological polar surface area (TPSA) is 43.2 Å². The van der Waals surface area contributed by atoms with Gasteiger partial charge in [0.2, 0.25) is 11.8 Å². The lowest BCUT2D eigenvalue weighted by molar-refractivity contribution is 0.152. The first-order valence-electron chi connectivity index (χ1n) is 8.05. The Hall–Kier alpha value is -1.32. The van der Waals surface area contributed by atoms with Crippen molar-refractivity contribution in [1.29, 1.82) is 0 Å². The van der Waals surface area contributed by atoms with Crippen molar-refractivity contribution in [3.05, 3.63) is 12.2 Å². The van der Waals surface area contributed by atoms with E-state index in [1.54, 1.807) is 0 Å². The van der Waals surface area contributed by atoms with Gasteiger partial charge in [0.05, 0.1) is 12.1 Å². The first-order valence-corrected chi connectivity index (χ1v) is 8.05. The lowest BCUT2D eigenvalue weighted by Gasteiger charge is -2.21. The van der Waals surface area contributed by atoms with Gasteiger partial charge < -0.3 is 9.47 Å². The number of ether oxygens (including phenoxy) is 2. The molecule has 2 heterocycles. The molecule has 0 spiro atoms. The van der Waals surface area contributed by atoms with Gasteiger partial charge >= 0.3 is 0 Å². The van der Waals surface area contributed by atoms with E-state index in [4.69, 9.17) is 9.47 Å². The predicted molar refractivity (Wildman–Crippen MR) is 78.3 cm³/mol. The molecule has 0 saturated heterocycles. The van der Waals surface area contributed by atoms with Gasteiger partial charge in [-0.05, 0) is 38.5 Å². The van der Waals surface area contributed by atoms with Crippen LogP contribution < -0.4 is 0 Å². The highest BCUT2D eigenvalue weighted by atomic mass is 16.5. The molecule has 0 amide bonds. The zero-order valence-electron chi connectivity index (χ0n) is 11.8. The number of nitrogens with zero attached hydrogens (tertiary/aromatic N) is 2. The Bertz CT molecular complexity index is 427. The zero-order chi connectivity index (χ0) is 13.4. The van der Waals surface area contributed by atoms with Gasteiger partial charge in [-0.3, -0.25) is 0 Å². The molecule has 0 N–H and O–H groups in total. The molecule has 2 aliphatic heterocycles. The van der Waals surface area contributed by atoms with Crippen LogP contribution in [-0.2, 0) is 9.47 Å². The highest BCUT2D eigenvalue weighted by Crippen LogP contribution is 2.30. The third-order valence-corrected chi connectivity index (χ3v) is 4.83. The lowest BCUT2D eigenvalue weighted by Crippen LogP contribution is -2.26. The summed E-state index contributed by atoms with van der Waals surface area (Å²) in [5.74, 6) is 1.53. The van der Waals surface area contributed by atoms with E-state index < -0.39 is 0 Å². The van der Waals surface area contributed by atoms with Crippen molar-refractivity contribution in [3.63, 3.8) is 0 Å². The molecule has 2 saturated carbocycles. The summed E-state index contributed by atoms with van der Waals surface area (Å²) in [6.07, 6.45) is 14.2. The number of aliphatic imine (C=N–C) groups is 2. The molecule has 108 valence electrons.